The lowest BCUT2D eigenvalue weighted by molar-refractivity contribution is -0.136. The number of nitrogens with zero attached hydrogens (tertiary/aromatic N) is 1. The average molecular weight is 349 g/mol. The molecule has 8 nitrogen and oxygen atoms in total. The Labute approximate surface area is 142 Å². The number of anilines is 1. The van der Waals surface area contributed by atoms with Crippen molar-refractivity contribution >= 4 is 46.2 Å². The van der Waals surface area contributed by atoms with Crippen LogP contribution in [-0.2, 0) is 14.4 Å². The van der Waals surface area contributed by atoms with E-state index in [4.69, 9.17) is 0 Å². The number of amides is 4. The molecular formula is C15H15N3O5S. The fourth-order valence-electron chi connectivity index (χ4n) is 1.96. The molecule has 24 heavy (non-hydrogen) atoms. The third kappa shape index (κ3) is 4.42. The minimum Gasteiger partial charge on any atom is -0.346 e. The molecule has 4 amide bonds. The van der Waals surface area contributed by atoms with Crippen LogP contribution in [0, 0.1) is 0 Å². The van der Waals surface area contributed by atoms with Crippen LogP contribution in [0.1, 0.15) is 17.3 Å². The molecule has 0 aromatic heterocycles. The van der Waals surface area contributed by atoms with E-state index in [1.54, 1.807) is 18.2 Å². The lowest BCUT2D eigenvalue weighted by atomic mass is 10.1. The molecule has 1 fully saturated rings. The van der Waals surface area contributed by atoms with Gasteiger partial charge in [0.05, 0.1) is 5.75 Å². The second-order valence-electron chi connectivity index (χ2n) is 4.95. The highest BCUT2D eigenvalue weighted by Gasteiger charge is 2.29. The van der Waals surface area contributed by atoms with Gasteiger partial charge in [-0.05, 0) is 19.1 Å². The van der Waals surface area contributed by atoms with Crippen LogP contribution >= 0.6 is 11.8 Å². The summed E-state index contributed by atoms with van der Waals surface area (Å²) >= 11 is 0.902. The van der Waals surface area contributed by atoms with E-state index in [1.165, 1.54) is 13.0 Å². The van der Waals surface area contributed by atoms with Crippen LogP contribution in [0.5, 0.6) is 0 Å². The Morgan fingerprint density at radius 1 is 1.21 bits per heavy atom. The molecule has 1 aromatic rings. The summed E-state index contributed by atoms with van der Waals surface area (Å²) in [7, 11) is 0. The molecule has 0 radical (unpaired) electrons. The maximum atomic E-state index is 11.8. The number of carbonyl (C=O) groups is 5. The normalized spacial score (nSPS) is 13.8. The van der Waals surface area contributed by atoms with Crippen LogP contribution in [0.3, 0.4) is 0 Å². The Morgan fingerprint density at radius 2 is 1.96 bits per heavy atom. The quantitative estimate of drug-likeness (QED) is 0.596. The number of hydrogen-bond donors (Lipinski definition) is 2. The van der Waals surface area contributed by atoms with Gasteiger partial charge >= 0.3 is 11.8 Å². The highest BCUT2D eigenvalue weighted by Crippen LogP contribution is 2.17. The number of carbonyl (C=O) groups excluding carboxylic acids is 5. The van der Waals surface area contributed by atoms with Gasteiger partial charge in [-0.25, -0.2) is 0 Å². The van der Waals surface area contributed by atoms with E-state index in [9.17, 15) is 24.0 Å². The first kappa shape index (κ1) is 17.7. The third-order valence-corrected chi connectivity index (χ3v) is 4.05. The minimum atomic E-state index is -0.899. The van der Waals surface area contributed by atoms with Crippen LogP contribution in [0.2, 0.25) is 0 Å². The summed E-state index contributed by atoms with van der Waals surface area (Å²) in [6.07, 6.45) is 0. The molecule has 1 aliphatic rings. The van der Waals surface area contributed by atoms with Crippen molar-refractivity contribution < 1.29 is 24.0 Å². The van der Waals surface area contributed by atoms with Crippen molar-refractivity contribution in [2.45, 2.75) is 6.92 Å². The molecule has 1 aliphatic heterocycles. The number of imide groups is 1. The molecule has 1 saturated heterocycles. The molecule has 2 N–H and O–H groups in total. The smallest absolute Gasteiger partial charge is 0.313 e. The molecule has 0 saturated carbocycles. The maximum absolute atomic E-state index is 11.8. The molecule has 0 aliphatic carbocycles. The van der Waals surface area contributed by atoms with Crippen molar-refractivity contribution in [3.63, 3.8) is 0 Å². The van der Waals surface area contributed by atoms with E-state index in [-0.39, 0.29) is 35.8 Å². The Morgan fingerprint density at radius 3 is 2.58 bits per heavy atom. The first-order chi connectivity index (χ1) is 11.4. The van der Waals surface area contributed by atoms with Gasteiger partial charge in [0.15, 0.2) is 5.78 Å². The summed E-state index contributed by atoms with van der Waals surface area (Å²) in [6.45, 7) is 1.40. The van der Waals surface area contributed by atoms with Crippen LogP contribution in [0.4, 0.5) is 10.5 Å². The Kier molecular flexibility index (Phi) is 5.69. The fourth-order valence-corrected chi connectivity index (χ4v) is 2.71. The number of Topliss-reactive ketones (excluding diaryl/α,β-unsaturated/α-hetero) is 1. The lowest BCUT2D eigenvalue weighted by Crippen LogP contribution is -2.41. The number of rotatable bonds is 5. The fraction of sp³-hybridized carbons (Fsp3) is 0.267. The zero-order valence-corrected chi connectivity index (χ0v) is 13.6. The van der Waals surface area contributed by atoms with Gasteiger partial charge in [0.25, 0.3) is 5.24 Å². The van der Waals surface area contributed by atoms with Crippen LogP contribution in [0.25, 0.3) is 0 Å². The van der Waals surface area contributed by atoms with E-state index in [1.807, 2.05) is 0 Å². The molecule has 1 aromatic carbocycles. The molecule has 9 heteroatoms. The van der Waals surface area contributed by atoms with Crippen LogP contribution in [0.15, 0.2) is 24.3 Å². The van der Waals surface area contributed by atoms with E-state index in [2.05, 4.69) is 10.6 Å². The van der Waals surface area contributed by atoms with Gasteiger partial charge in [0, 0.05) is 24.3 Å². The predicted octanol–water partition coefficient (Wildman–Crippen LogP) is 0.639. The minimum absolute atomic E-state index is 0.0161. The Bertz CT molecular complexity index is 703. The largest absolute Gasteiger partial charge is 0.346 e. The van der Waals surface area contributed by atoms with Crippen molar-refractivity contribution in [1.82, 2.24) is 10.2 Å². The summed E-state index contributed by atoms with van der Waals surface area (Å²) < 4.78 is 0. The zero-order chi connectivity index (χ0) is 17.7. The van der Waals surface area contributed by atoms with E-state index in [0.29, 0.717) is 11.3 Å². The monoisotopic (exact) mass is 349 g/mol. The summed E-state index contributed by atoms with van der Waals surface area (Å²) in [4.78, 5) is 58.6. The second kappa shape index (κ2) is 7.73. The molecule has 0 bridgehead atoms. The lowest BCUT2D eigenvalue weighted by Gasteiger charge is -2.13. The number of ketones is 1. The number of benzene rings is 1. The number of thioether (sulfide) groups is 1. The summed E-state index contributed by atoms with van der Waals surface area (Å²) in [5.74, 6) is -2.17. The van der Waals surface area contributed by atoms with Crippen molar-refractivity contribution in [3.8, 4) is 0 Å². The van der Waals surface area contributed by atoms with Gasteiger partial charge in [-0.1, -0.05) is 23.9 Å². The topological polar surface area (TPSA) is 113 Å². The molecule has 126 valence electrons. The van der Waals surface area contributed by atoms with Gasteiger partial charge in [0.2, 0.25) is 5.91 Å². The molecule has 2 rings (SSSR count). The summed E-state index contributed by atoms with van der Waals surface area (Å²) in [5, 5.41) is 4.35. The van der Waals surface area contributed by atoms with Gasteiger partial charge in [0.1, 0.15) is 0 Å². The van der Waals surface area contributed by atoms with Gasteiger partial charge in [-0.3, -0.25) is 28.9 Å². The molecule has 0 unspecified atom stereocenters. The number of hydrogen-bond acceptors (Lipinski definition) is 6. The average Bonchev–Trinajstić information content (AvgIpc) is 2.86. The van der Waals surface area contributed by atoms with Crippen LogP contribution < -0.4 is 10.6 Å². The zero-order valence-electron chi connectivity index (χ0n) is 12.8. The summed E-state index contributed by atoms with van der Waals surface area (Å²) in [5.41, 5.74) is 0.737. The van der Waals surface area contributed by atoms with Crippen molar-refractivity contribution in [2.75, 3.05) is 24.2 Å². The Hall–Kier alpha value is -2.68. The standard InChI is InChI=1S/C15H15N3O5S/c1-9(19)10-3-2-4-11(7-10)17-14(22)13(21)16-5-6-18-12(20)8-24-15(18)23/h2-4,7H,5-6,8H2,1H3,(H,16,21)(H,17,22). The molecule has 0 atom stereocenters. The second-order valence-corrected chi connectivity index (χ2v) is 5.87. The first-order valence-electron chi connectivity index (χ1n) is 7.06. The van der Waals surface area contributed by atoms with Crippen molar-refractivity contribution in [1.29, 1.82) is 0 Å². The van der Waals surface area contributed by atoms with Gasteiger partial charge in [-0.15, -0.1) is 0 Å². The third-order valence-electron chi connectivity index (χ3n) is 3.19. The summed E-state index contributed by atoms with van der Waals surface area (Å²) in [6, 6.07) is 6.20. The van der Waals surface area contributed by atoms with Gasteiger partial charge < -0.3 is 10.6 Å². The molecular weight excluding hydrogens is 334 g/mol. The maximum Gasteiger partial charge on any atom is 0.313 e. The van der Waals surface area contributed by atoms with E-state index >= 15 is 0 Å². The highest BCUT2D eigenvalue weighted by atomic mass is 32.2. The van der Waals surface area contributed by atoms with E-state index in [0.717, 1.165) is 16.7 Å². The number of nitrogens with one attached hydrogen (secondary N) is 2. The van der Waals surface area contributed by atoms with Crippen LogP contribution in [-0.4, -0.2) is 52.5 Å². The van der Waals surface area contributed by atoms with Gasteiger partial charge in [-0.2, -0.15) is 0 Å². The SMILES string of the molecule is CC(=O)c1cccc(NC(=O)C(=O)NCCN2C(=O)CSC2=O)c1. The van der Waals surface area contributed by atoms with Crippen molar-refractivity contribution in [2.24, 2.45) is 0 Å². The highest BCUT2D eigenvalue weighted by molar-refractivity contribution is 8.14. The first-order valence-corrected chi connectivity index (χ1v) is 8.04. The Balaban J connectivity index is 1.83. The van der Waals surface area contributed by atoms with Crippen molar-refractivity contribution in [3.05, 3.63) is 29.8 Å². The molecule has 1 heterocycles. The predicted molar refractivity (Wildman–Crippen MR) is 87.7 cm³/mol. The van der Waals surface area contributed by atoms with E-state index < -0.39 is 11.8 Å². The molecule has 0 spiro atoms.